The van der Waals surface area contributed by atoms with Gasteiger partial charge in [0.1, 0.15) is 17.9 Å². The molecule has 0 amide bonds. The molecule has 4 aromatic rings. The molecule has 0 aliphatic rings. The van der Waals surface area contributed by atoms with E-state index >= 15 is 4.39 Å². The molecular weight excluding hydrogens is 403 g/mol. The number of hydrogen-bond acceptors (Lipinski definition) is 2. The minimum Gasteiger partial charge on any atom is -0.533 e. The monoisotopic (exact) mass is 428 g/mol. The Morgan fingerprint density at radius 2 is 1.39 bits per heavy atom. The summed E-state index contributed by atoms with van der Waals surface area (Å²) in [5, 5.41) is 2.97. The molecular formula is C27H25FO2Si. The van der Waals surface area contributed by atoms with Gasteiger partial charge in [0.05, 0.1) is 5.39 Å². The fourth-order valence-electron chi connectivity index (χ4n) is 4.33. The predicted molar refractivity (Wildman–Crippen MR) is 128 cm³/mol. The van der Waals surface area contributed by atoms with Gasteiger partial charge in [0.2, 0.25) is 0 Å². The number of hydrogen-bond donors (Lipinski definition) is 0. The van der Waals surface area contributed by atoms with Crippen LogP contribution < -0.4 is 14.8 Å². The maximum Gasteiger partial charge on any atom is 0.319 e. The second-order valence-electron chi connectivity index (χ2n) is 8.74. The third-order valence-corrected chi connectivity index (χ3v) is 10.7. The average molecular weight is 429 g/mol. The molecule has 0 saturated carbocycles. The summed E-state index contributed by atoms with van der Waals surface area (Å²) in [5.74, 6) is 0.0508. The van der Waals surface area contributed by atoms with Crippen molar-refractivity contribution in [3.63, 3.8) is 0 Å². The number of benzene rings is 4. The van der Waals surface area contributed by atoms with E-state index in [2.05, 4.69) is 45.0 Å². The molecule has 0 spiro atoms. The molecule has 31 heavy (non-hydrogen) atoms. The van der Waals surface area contributed by atoms with Crippen LogP contribution in [0.1, 0.15) is 31.1 Å². The summed E-state index contributed by atoms with van der Waals surface area (Å²) in [6.07, 6.45) is 0.780. The first-order valence-electron chi connectivity index (χ1n) is 10.3. The van der Waals surface area contributed by atoms with E-state index in [0.717, 1.165) is 16.7 Å². The van der Waals surface area contributed by atoms with Crippen LogP contribution in [0, 0.1) is 5.82 Å². The third kappa shape index (κ3) is 3.68. The van der Waals surface area contributed by atoms with Gasteiger partial charge in [-0.25, -0.2) is 4.39 Å². The number of fused-ring (bicyclic) bond motifs is 1. The molecule has 156 valence electrons. The Balaban J connectivity index is 2.07. The zero-order valence-electron chi connectivity index (χ0n) is 17.9. The van der Waals surface area contributed by atoms with Gasteiger partial charge in [-0.05, 0) is 39.0 Å². The van der Waals surface area contributed by atoms with E-state index in [-0.39, 0.29) is 10.9 Å². The highest BCUT2D eigenvalue weighted by atomic mass is 28.4. The number of rotatable bonds is 5. The lowest BCUT2D eigenvalue weighted by molar-refractivity contribution is 0.112. The van der Waals surface area contributed by atoms with Gasteiger partial charge in [-0.15, -0.1) is 0 Å². The van der Waals surface area contributed by atoms with Gasteiger partial charge >= 0.3 is 8.32 Å². The third-order valence-electron chi connectivity index (χ3n) is 5.73. The molecule has 4 aromatic carbocycles. The van der Waals surface area contributed by atoms with Gasteiger partial charge < -0.3 is 4.43 Å². The van der Waals surface area contributed by atoms with Crippen LogP contribution in [0.2, 0.25) is 5.04 Å². The number of halogens is 1. The molecule has 0 aliphatic heterocycles. The van der Waals surface area contributed by atoms with Gasteiger partial charge in [-0.1, -0.05) is 93.6 Å². The average Bonchev–Trinajstić information content (AvgIpc) is 2.77. The van der Waals surface area contributed by atoms with Crippen LogP contribution in [0.15, 0.2) is 91.0 Å². The van der Waals surface area contributed by atoms with Crippen molar-refractivity contribution in [3.05, 3.63) is 102 Å². The lowest BCUT2D eigenvalue weighted by Gasteiger charge is -2.43. The van der Waals surface area contributed by atoms with Crippen molar-refractivity contribution >= 4 is 35.7 Å². The topological polar surface area (TPSA) is 26.3 Å². The molecule has 0 saturated heterocycles. The van der Waals surface area contributed by atoms with E-state index in [9.17, 15) is 4.79 Å². The molecule has 0 fully saturated rings. The van der Waals surface area contributed by atoms with E-state index in [4.69, 9.17) is 4.43 Å². The molecule has 0 N–H and O–H groups in total. The Kier molecular flexibility index (Phi) is 5.50. The molecule has 0 radical (unpaired) electrons. The van der Waals surface area contributed by atoms with Gasteiger partial charge in [-0.3, -0.25) is 4.79 Å². The summed E-state index contributed by atoms with van der Waals surface area (Å²) in [5.41, 5.74) is 0.464. The first kappa shape index (κ1) is 21.0. The predicted octanol–water partition coefficient (Wildman–Crippen LogP) is 5.73. The van der Waals surface area contributed by atoms with Crippen LogP contribution in [0.25, 0.3) is 10.8 Å². The minimum absolute atomic E-state index is 0.273. The van der Waals surface area contributed by atoms with Crippen molar-refractivity contribution in [3.8, 4) is 5.75 Å². The highest BCUT2D eigenvalue weighted by molar-refractivity contribution is 7.00. The zero-order valence-corrected chi connectivity index (χ0v) is 18.9. The van der Waals surface area contributed by atoms with Crippen molar-refractivity contribution in [2.45, 2.75) is 25.8 Å². The molecule has 4 heteroatoms. The SMILES string of the molecule is CC(C)(C)[Si](Oc1cc(C=O)cc2cccc(F)c12)(c1ccccc1)c1ccccc1. The molecule has 0 bridgehead atoms. The maximum absolute atomic E-state index is 15.0. The van der Waals surface area contributed by atoms with E-state index in [1.807, 2.05) is 42.5 Å². The summed E-state index contributed by atoms with van der Waals surface area (Å²) in [6.45, 7) is 6.50. The standard InChI is InChI=1S/C27H25FO2Si/c1-27(2,3)31(22-12-6-4-7-13-22,23-14-8-5-9-15-23)30-25-18-20(19-29)17-21-11-10-16-24(28)26(21)25/h4-19H,1-3H3. The van der Waals surface area contributed by atoms with Crippen molar-refractivity contribution < 1.29 is 13.6 Å². The molecule has 0 aromatic heterocycles. The van der Waals surface area contributed by atoms with Gasteiger partial charge in [0.25, 0.3) is 0 Å². The lowest BCUT2D eigenvalue weighted by atomic mass is 10.1. The van der Waals surface area contributed by atoms with E-state index in [0.29, 0.717) is 22.1 Å². The van der Waals surface area contributed by atoms with Crippen molar-refractivity contribution in [1.29, 1.82) is 0 Å². The summed E-state index contributed by atoms with van der Waals surface area (Å²) in [6, 6.07) is 28.6. The van der Waals surface area contributed by atoms with Crippen LogP contribution in [-0.4, -0.2) is 14.6 Å². The van der Waals surface area contributed by atoms with Crippen molar-refractivity contribution in [1.82, 2.24) is 0 Å². The summed E-state index contributed by atoms with van der Waals surface area (Å²) in [4.78, 5) is 11.7. The number of aldehydes is 1. The van der Waals surface area contributed by atoms with Crippen LogP contribution >= 0.6 is 0 Å². The normalized spacial score (nSPS) is 12.0. The summed E-state index contributed by atoms with van der Waals surface area (Å²) < 4.78 is 22.0. The van der Waals surface area contributed by atoms with E-state index in [1.54, 1.807) is 18.2 Å². The Labute approximate surface area is 183 Å². The Hall–Kier alpha value is -3.24. The first-order chi connectivity index (χ1) is 14.9. The number of carbonyl (C=O) groups excluding carboxylic acids is 1. The molecule has 0 heterocycles. The minimum atomic E-state index is -2.95. The quantitative estimate of drug-likeness (QED) is 0.300. The fraction of sp³-hybridized carbons (Fsp3) is 0.148. The van der Waals surface area contributed by atoms with Crippen LogP contribution in [0.3, 0.4) is 0 Å². The maximum atomic E-state index is 15.0. The van der Waals surface area contributed by atoms with Crippen LogP contribution in [-0.2, 0) is 0 Å². The molecule has 0 aliphatic carbocycles. The van der Waals surface area contributed by atoms with E-state index in [1.165, 1.54) is 6.07 Å². The Morgan fingerprint density at radius 1 is 0.806 bits per heavy atom. The zero-order chi connectivity index (χ0) is 22.1. The summed E-state index contributed by atoms with van der Waals surface area (Å²) in [7, 11) is -2.95. The van der Waals surface area contributed by atoms with Crippen molar-refractivity contribution in [2.24, 2.45) is 0 Å². The Morgan fingerprint density at radius 3 is 1.90 bits per heavy atom. The highest BCUT2D eigenvalue weighted by Gasteiger charge is 2.52. The second kappa shape index (κ2) is 8.12. The highest BCUT2D eigenvalue weighted by Crippen LogP contribution is 2.40. The van der Waals surface area contributed by atoms with Crippen LogP contribution in [0.5, 0.6) is 5.75 Å². The fourth-order valence-corrected chi connectivity index (χ4v) is 8.75. The second-order valence-corrected chi connectivity index (χ2v) is 13.0. The Bertz CT molecular complexity index is 1180. The number of carbonyl (C=O) groups is 1. The smallest absolute Gasteiger partial charge is 0.319 e. The first-order valence-corrected chi connectivity index (χ1v) is 12.2. The largest absolute Gasteiger partial charge is 0.533 e. The molecule has 0 atom stereocenters. The van der Waals surface area contributed by atoms with Crippen LogP contribution in [0.4, 0.5) is 4.39 Å². The molecule has 2 nitrogen and oxygen atoms in total. The summed E-state index contributed by atoms with van der Waals surface area (Å²) >= 11 is 0. The van der Waals surface area contributed by atoms with E-state index < -0.39 is 8.32 Å². The lowest BCUT2D eigenvalue weighted by Crippen LogP contribution is -2.68. The van der Waals surface area contributed by atoms with Gasteiger partial charge in [-0.2, -0.15) is 0 Å². The van der Waals surface area contributed by atoms with Gasteiger partial charge in [0.15, 0.2) is 0 Å². The van der Waals surface area contributed by atoms with Crippen molar-refractivity contribution in [2.75, 3.05) is 0 Å². The molecule has 4 rings (SSSR count). The molecule has 0 unspecified atom stereocenters. The van der Waals surface area contributed by atoms with Gasteiger partial charge in [0, 0.05) is 5.56 Å².